The molecule has 2 aromatic carbocycles. The molecule has 2 amide bonds. The van der Waals surface area contributed by atoms with Crippen molar-refractivity contribution in [2.24, 2.45) is 0 Å². The van der Waals surface area contributed by atoms with Crippen LogP contribution in [0.25, 0.3) is 33.8 Å². The number of carbonyl (C=O) groups is 2. The van der Waals surface area contributed by atoms with Crippen molar-refractivity contribution < 1.29 is 19.1 Å². The number of nitrogens with one attached hydrogen (secondary N) is 2. The van der Waals surface area contributed by atoms with Crippen LogP contribution in [-0.2, 0) is 9.47 Å². The van der Waals surface area contributed by atoms with Crippen molar-refractivity contribution in [2.45, 2.75) is 90.5 Å². The van der Waals surface area contributed by atoms with E-state index in [2.05, 4.69) is 56.6 Å². The van der Waals surface area contributed by atoms with Gasteiger partial charge < -0.3 is 14.5 Å². The minimum atomic E-state index is -0.552. The number of carbonyl (C=O) groups excluding carboxylic acids is 2. The molecule has 2 unspecified atom stereocenters. The first-order chi connectivity index (χ1) is 21.8. The first kappa shape index (κ1) is 31.3. The molecule has 2 aliphatic rings. The van der Waals surface area contributed by atoms with Gasteiger partial charge in [-0.25, -0.2) is 19.6 Å². The van der Waals surface area contributed by atoms with Crippen molar-refractivity contribution in [1.82, 2.24) is 34.9 Å². The number of aromatic nitrogens is 5. The predicted molar refractivity (Wildman–Crippen MR) is 175 cm³/mol. The van der Waals surface area contributed by atoms with Crippen LogP contribution in [0.5, 0.6) is 0 Å². The summed E-state index contributed by atoms with van der Waals surface area (Å²) in [6.45, 7) is 12.5. The van der Waals surface area contributed by atoms with Gasteiger partial charge in [0, 0.05) is 18.7 Å². The molecule has 4 aromatic rings. The third-order valence-corrected chi connectivity index (χ3v) is 8.16. The summed E-state index contributed by atoms with van der Waals surface area (Å²) < 4.78 is 11.2. The van der Waals surface area contributed by atoms with Crippen LogP contribution in [0.15, 0.2) is 54.7 Å². The Morgan fingerprint density at radius 2 is 1.20 bits per heavy atom. The highest BCUT2D eigenvalue weighted by Gasteiger charge is 2.36. The lowest BCUT2D eigenvalue weighted by molar-refractivity contribution is 0.0208. The van der Waals surface area contributed by atoms with E-state index in [0.29, 0.717) is 24.7 Å². The van der Waals surface area contributed by atoms with Gasteiger partial charge in [0.05, 0.1) is 24.0 Å². The minimum Gasteiger partial charge on any atom is -0.444 e. The average Bonchev–Trinajstić information content (AvgIpc) is 3.82. The number of imidazole rings is 1. The monoisotopic (exact) mass is 625 g/mol. The second kappa shape index (κ2) is 12.3. The first-order valence-corrected chi connectivity index (χ1v) is 16.0. The molecule has 4 heterocycles. The number of ether oxygens (including phenoxy) is 2. The number of hydrogen-bond donors (Lipinski definition) is 2. The van der Waals surface area contributed by atoms with Crippen LogP contribution in [0, 0.1) is 0 Å². The number of nitrogens with zero attached hydrogens (tertiary/aromatic N) is 5. The number of likely N-dealkylation sites (tertiary alicyclic amines) is 2. The molecule has 46 heavy (non-hydrogen) atoms. The Kier molecular flexibility index (Phi) is 8.35. The molecule has 6 rings (SSSR count). The Morgan fingerprint density at radius 3 is 1.72 bits per heavy atom. The number of rotatable bonds is 5. The minimum absolute atomic E-state index is 0.122. The Hall–Kier alpha value is -4.67. The third kappa shape index (κ3) is 6.93. The SMILES string of the molecule is CC(C)(C)OC(=O)N1CCCC1c1nc(-c2ccc(-c3ccc(-c4cnc(C5CCCN5C(=O)OC(C)(C)C)[nH]4)cc3)cc2)n[nH]1. The van der Waals surface area contributed by atoms with Crippen molar-refractivity contribution in [2.75, 3.05) is 13.1 Å². The molecule has 0 radical (unpaired) electrons. The van der Waals surface area contributed by atoms with Crippen LogP contribution in [0.4, 0.5) is 9.59 Å². The number of hydrogen-bond acceptors (Lipinski definition) is 7. The molecule has 0 bridgehead atoms. The molecular formula is C35H43N7O4. The fourth-order valence-electron chi connectivity index (χ4n) is 6.04. The van der Waals surface area contributed by atoms with E-state index in [1.165, 1.54) is 0 Å². The standard InChI is InChI=1S/C35H43N7O4/c1-34(2,3)45-32(43)41-19-7-9-27(41)30-36-21-26(37-30)24-15-11-22(12-16-24)23-13-17-25(18-14-23)29-38-31(40-39-29)28-10-8-20-42(28)33(44)46-35(4,5)6/h11-18,21,27-28H,7-10,19-20H2,1-6H3,(H,36,37)(H,38,39,40). The van der Waals surface area contributed by atoms with Gasteiger partial charge in [-0.05, 0) is 83.9 Å². The molecule has 2 aromatic heterocycles. The molecule has 242 valence electrons. The molecular weight excluding hydrogens is 582 g/mol. The van der Waals surface area contributed by atoms with E-state index in [4.69, 9.17) is 14.5 Å². The van der Waals surface area contributed by atoms with Crippen LogP contribution in [0.2, 0.25) is 0 Å². The molecule has 0 aliphatic carbocycles. The van der Waals surface area contributed by atoms with Crippen LogP contribution < -0.4 is 0 Å². The van der Waals surface area contributed by atoms with E-state index in [1.807, 2.05) is 59.9 Å². The molecule has 0 spiro atoms. The lowest BCUT2D eigenvalue weighted by atomic mass is 10.0. The molecule has 11 heteroatoms. The van der Waals surface area contributed by atoms with E-state index in [1.54, 1.807) is 9.80 Å². The molecule has 2 aliphatic heterocycles. The van der Waals surface area contributed by atoms with Gasteiger partial charge in [-0.15, -0.1) is 0 Å². The maximum absolute atomic E-state index is 12.8. The van der Waals surface area contributed by atoms with Crippen molar-refractivity contribution in [3.05, 3.63) is 66.4 Å². The second-order valence-corrected chi connectivity index (χ2v) is 14.0. The van der Waals surface area contributed by atoms with Crippen LogP contribution >= 0.6 is 0 Å². The van der Waals surface area contributed by atoms with Crippen LogP contribution in [-0.4, -0.2) is 71.4 Å². The largest absolute Gasteiger partial charge is 0.444 e. The molecule has 11 nitrogen and oxygen atoms in total. The first-order valence-electron chi connectivity index (χ1n) is 16.0. The van der Waals surface area contributed by atoms with Gasteiger partial charge in [-0.3, -0.25) is 14.9 Å². The Morgan fingerprint density at radius 1 is 0.717 bits per heavy atom. The fourth-order valence-corrected chi connectivity index (χ4v) is 6.04. The van der Waals surface area contributed by atoms with E-state index in [0.717, 1.165) is 59.5 Å². The van der Waals surface area contributed by atoms with E-state index >= 15 is 0 Å². The van der Waals surface area contributed by atoms with E-state index < -0.39 is 11.2 Å². The van der Waals surface area contributed by atoms with Gasteiger partial charge >= 0.3 is 12.2 Å². The number of benzene rings is 2. The molecule has 2 fully saturated rings. The summed E-state index contributed by atoms with van der Waals surface area (Å²) in [4.78, 5) is 41.8. The van der Waals surface area contributed by atoms with Crippen LogP contribution in [0.1, 0.15) is 91.0 Å². The van der Waals surface area contributed by atoms with Gasteiger partial charge in [0.1, 0.15) is 22.9 Å². The number of amides is 2. The fraction of sp³-hybridized carbons (Fsp3) is 0.457. The Balaban J connectivity index is 1.11. The zero-order chi connectivity index (χ0) is 32.6. The van der Waals surface area contributed by atoms with Crippen molar-refractivity contribution in [3.8, 4) is 33.8 Å². The highest BCUT2D eigenvalue weighted by atomic mass is 16.6. The van der Waals surface area contributed by atoms with Gasteiger partial charge in [-0.1, -0.05) is 48.5 Å². The van der Waals surface area contributed by atoms with Crippen LogP contribution in [0.3, 0.4) is 0 Å². The van der Waals surface area contributed by atoms with E-state index in [9.17, 15) is 9.59 Å². The summed E-state index contributed by atoms with van der Waals surface area (Å²) in [6.07, 6.45) is 4.67. The van der Waals surface area contributed by atoms with Crippen molar-refractivity contribution in [3.63, 3.8) is 0 Å². The van der Waals surface area contributed by atoms with Gasteiger partial charge in [-0.2, -0.15) is 5.10 Å². The predicted octanol–water partition coefficient (Wildman–Crippen LogP) is 7.67. The normalized spacial score (nSPS) is 18.7. The maximum Gasteiger partial charge on any atom is 0.410 e. The summed E-state index contributed by atoms with van der Waals surface area (Å²) in [7, 11) is 0. The van der Waals surface area contributed by atoms with Gasteiger partial charge in [0.2, 0.25) is 0 Å². The zero-order valence-corrected chi connectivity index (χ0v) is 27.5. The average molecular weight is 626 g/mol. The molecule has 2 atom stereocenters. The molecule has 2 saturated heterocycles. The van der Waals surface area contributed by atoms with Crippen molar-refractivity contribution in [1.29, 1.82) is 0 Å². The molecule has 0 saturated carbocycles. The highest BCUT2D eigenvalue weighted by Crippen LogP contribution is 2.34. The van der Waals surface area contributed by atoms with E-state index in [-0.39, 0.29) is 24.3 Å². The van der Waals surface area contributed by atoms with Gasteiger partial charge in [0.25, 0.3) is 0 Å². The smallest absolute Gasteiger partial charge is 0.410 e. The van der Waals surface area contributed by atoms with Crippen molar-refractivity contribution >= 4 is 12.2 Å². The topological polar surface area (TPSA) is 129 Å². The summed E-state index contributed by atoms with van der Waals surface area (Å²) in [5.41, 5.74) is 3.87. The summed E-state index contributed by atoms with van der Waals surface area (Å²) in [5.74, 6) is 2.04. The summed E-state index contributed by atoms with van der Waals surface area (Å²) in [5, 5.41) is 7.51. The third-order valence-electron chi connectivity index (χ3n) is 8.16. The van der Waals surface area contributed by atoms with Gasteiger partial charge in [0.15, 0.2) is 5.82 Å². The Bertz CT molecular complexity index is 1550. The lowest BCUT2D eigenvalue weighted by Gasteiger charge is -2.27. The highest BCUT2D eigenvalue weighted by molar-refractivity contribution is 5.72. The zero-order valence-electron chi connectivity index (χ0n) is 27.5. The second-order valence-electron chi connectivity index (χ2n) is 14.0. The lowest BCUT2D eigenvalue weighted by Crippen LogP contribution is -2.36. The number of aromatic amines is 2. The molecule has 2 N–H and O–H groups in total. The maximum atomic E-state index is 12.8. The summed E-state index contributed by atoms with van der Waals surface area (Å²) in [6, 6.07) is 16.1. The summed E-state index contributed by atoms with van der Waals surface area (Å²) >= 11 is 0. The number of H-pyrrole nitrogens is 2. The quantitative estimate of drug-likeness (QED) is 0.233. The Labute approximate surface area is 269 Å².